The summed E-state index contributed by atoms with van der Waals surface area (Å²) in [6, 6.07) is 0. The molecule has 2 aromatic heterocycles. The molecule has 0 saturated heterocycles. The first-order valence-corrected chi connectivity index (χ1v) is 9.20. The highest BCUT2D eigenvalue weighted by atomic mass is 32.1. The number of nitrogens with two attached hydrogens (primary N) is 1. The van der Waals surface area contributed by atoms with Gasteiger partial charge >= 0.3 is 10.6 Å². The smallest absolute Gasteiger partial charge is 0.330 e. The molecule has 0 atom stereocenters. The standard InChI is InChI=1S/C16H23N5O4S/c1-4-5-7-21-13(17)12(14(23)18-15(21)24)19(3)11(22)6-8-20-10(2)9-26-16(20)25/h9H,4-8,17H2,1-3H3,(H,18,23,24). The number of H-pyrrole nitrogens is 1. The topological polar surface area (TPSA) is 123 Å². The predicted molar refractivity (Wildman–Crippen MR) is 102 cm³/mol. The summed E-state index contributed by atoms with van der Waals surface area (Å²) in [5.41, 5.74) is 5.42. The molecule has 2 aromatic rings. The molecule has 10 heteroatoms. The highest BCUT2D eigenvalue weighted by Gasteiger charge is 2.21. The minimum Gasteiger partial charge on any atom is -0.383 e. The van der Waals surface area contributed by atoms with E-state index in [4.69, 9.17) is 5.73 Å². The summed E-state index contributed by atoms with van der Waals surface area (Å²) in [4.78, 5) is 51.6. The van der Waals surface area contributed by atoms with Crippen LogP contribution in [-0.2, 0) is 17.9 Å². The number of anilines is 2. The Morgan fingerprint density at radius 1 is 1.27 bits per heavy atom. The Kier molecular flexibility index (Phi) is 6.19. The van der Waals surface area contributed by atoms with E-state index in [2.05, 4.69) is 4.98 Å². The Morgan fingerprint density at radius 3 is 2.54 bits per heavy atom. The van der Waals surface area contributed by atoms with E-state index in [0.29, 0.717) is 13.0 Å². The minimum atomic E-state index is -0.708. The second-order valence-electron chi connectivity index (χ2n) is 6.00. The number of hydrogen-bond acceptors (Lipinski definition) is 6. The van der Waals surface area contributed by atoms with Crippen LogP contribution in [-0.4, -0.2) is 27.1 Å². The Balaban J connectivity index is 2.26. The van der Waals surface area contributed by atoms with Gasteiger partial charge in [-0.05, 0) is 13.3 Å². The van der Waals surface area contributed by atoms with Crippen molar-refractivity contribution in [2.45, 2.75) is 46.2 Å². The zero-order valence-corrected chi connectivity index (χ0v) is 15.9. The summed E-state index contributed by atoms with van der Waals surface area (Å²) in [5, 5.41) is 1.73. The van der Waals surface area contributed by atoms with Crippen molar-refractivity contribution in [1.82, 2.24) is 14.1 Å². The molecule has 2 rings (SSSR count). The van der Waals surface area contributed by atoms with E-state index in [0.717, 1.165) is 28.4 Å². The van der Waals surface area contributed by atoms with Crippen LogP contribution >= 0.6 is 11.3 Å². The zero-order valence-electron chi connectivity index (χ0n) is 15.1. The molecular formula is C16H23N5O4S. The number of nitrogens with one attached hydrogen (secondary N) is 1. The fourth-order valence-corrected chi connectivity index (χ4v) is 3.38. The highest BCUT2D eigenvalue weighted by molar-refractivity contribution is 7.07. The lowest BCUT2D eigenvalue weighted by Gasteiger charge is -2.20. The van der Waals surface area contributed by atoms with E-state index in [1.165, 1.54) is 16.2 Å². The van der Waals surface area contributed by atoms with Gasteiger partial charge in [0.2, 0.25) is 5.91 Å². The number of nitrogen functional groups attached to an aromatic ring is 1. The number of aromatic nitrogens is 3. The molecule has 2 heterocycles. The molecule has 0 radical (unpaired) electrons. The normalized spacial score (nSPS) is 10.9. The summed E-state index contributed by atoms with van der Waals surface area (Å²) in [6.45, 7) is 4.33. The van der Waals surface area contributed by atoms with E-state index >= 15 is 0 Å². The number of carbonyl (C=O) groups excluding carboxylic acids is 1. The number of nitrogens with zero attached hydrogens (tertiary/aromatic N) is 3. The van der Waals surface area contributed by atoms with Crippen LogP contribution in [0, 0.1) is 6.92 Å². The molecule has 142 valence electrons. The van der Waals surface area contributed by atoms with Crippen molar-refractivity contribution in [2.24, 2.45) is 0 Å². The van der Waals surface area contributed by atoms with Crippen molar-refractivity contribution >= 4 is 28.7 Å². The molecule has 0 aliphatic rings. The van der Waals surface area contributed by atoms with Crippen molar-refractivity contribution in [1.29, 1.82) is 0 Å². The number of hydrogen-bond donors (Lipinski definition) is 2. The maximum absolute atomic E-state index is 12.5. The molecule has 0 unspecified atom stereocenters. The molecule has 0 bridgehead atoms. The van der Waals surface area contributed by atoms with Crippen molar-refractivity contribution in [3.05, 3.63) is 41.6 Å². The van der Waals surface area contributed by atoms with Crippen LogP contribution in [0.3, 0.4) is 0 Å². The van der Waals surface area contributed by atoms with E-state index in [1.54, 1.807) is 12.3 Å². The van der Waals surface area contributed by atoms with Gasteiger partial charge in [0.15, 0.2) is 5.69 Å². The molecule has 0 saturated carbocycles. The lowest BCUT2D eigenvalue weighted by molar-refractivity contribution is -0.118. The molecule has 3 N–H and O–H groups in total. The van der Waals surface area contributed by atoms with Crippen LogP contribution in [0.1, 0.15) is 31.9 Å². The third-order valence-electron chi connectivity index (χ3n) is 4.18. The largest absolute Gasteiger partial charge is 0.383 e. The summed E-state index contributed by atoms with van der Waals surface area (Å²) < 4.78 is 2.77. The number of rotatable bonds is 7. The van der Waals surface area contributed by atoms with Gasteiger partial charge in [-0.1, -0.05) is 24.7 Å². The fraction of sp³-hybridized carbons (Fsp3) is 0.500. The van der Waals surface area contributed by atoms with E-state index < -0.39 is 11.2 Å². The Bertz CT molecular complexity index is 968. The van der Waals surface area contributed by atoms with Crippen LogP contribution in [0.4, 0.5) is 11.5 Å². The molecule has 0 fully saturated rings. The second-order valence-corrected chi connectivity index (χ2v) is 6.82. The van der Waals surface area contributed by atoms with E-state index in [-0.39, 0.29) is 35.3 Å². The van der Waals surface area contributed by atoms with Crippen LogP contribution in [0.2, 0.25) is 0 Å². The lowest BCUT2D eigenvalue weighted by atomic mass is 10.3. The van der Waals surface area contributed by atoms with Crippen molar-refractivity contribution in [2.75, 3.05) is 17.7 Å². The Morgan fingerprint density at radius 2 is 1.96 bits per heavy atom. The Hall–Kier alpha value is -2.62. The molecular weight excluding hydrogens is 358 g/mol. The molecule has 1 amide bonds. The first kappa shape index (κ1) is 19.7. The number of aromatic amines is 1. The van der Waals surface area contributed by atoms with Crippen molar-refractivity contribution < 1.29 is 4.79 Å². The molecule has 0 aliphatic carbocycles. The second kappa shape index (κ2) is 8.17. The van der Waals surface area contributed by atoms with Gasteiger partial charge in [-0.3, -0.25) is 23.9 Å². The average molecular weight is 381 g/mol. The number of carbonyl (C=O) groups is 1. The van der Waals surface area contributed by atoms with Gasteiger partial charge in [0.25, 0.3) is 5.56 Å². The van der Waals surface area contributed by atoms with Crippen molar-refractivity contribution in [3.8, 4) is 0 Å². The van der Waals surface area contributed by atoms with E-state index in [1.807, 2.05) is 6.92 Å². The number of thiazole rings is 1. The Labute approximate surface area is 153 Å². The molecule has 0 aromatic carbocycles. The first-order chi connectivity index (χ1) is 12.3. The molecule has 9 nitrogen and oxygen atoms in total. The summed E-state index contributed by atoms with van der Waals surface area (Å²) >= 11 is 1.07. The van der Waals surface area contributed by atoms with Gasteiger partial charge in [-0.15, -0.1) is 0 Å². The van der Waals surface area contributed by atoms with Crippen molar-refractivity contribution in [3.63, 3.8) is 0 Å². The molecule has 26 heavy (non-hydrogen) atoms. The monoisotopic (exact) mass is 381 g/mol. The number of aryl methyl sites for hydroxylation is 1. The maximum Gasteiger partial charge on any atom is 0.330 e. The number of unbranched alkanes of at least 4 members (excludes halogenated alkanes) is 1. The van der Waals surface area contributed by atoms with Gasteiger partial charge in [-0.2, -0.15) is 0 Å². The first-order valence-electron chi connectivity index (χ1n) is 8.32. The fourth-order valence-electron chi connectivity index (χ4n) is 2.61. The average Bonchev–Trinajstić information content (AvgIpc) is 2.90. The van der Waals surface area contributed by atoms with Crippen LogP contribution < -0.4 is 26.8 Å². The summed E-state index contributed by atoms with van der Waals surface area (Å²) in [6.07, 6.45) is 1.60. The third-order valence-corrected chi connectivity index (χ3v) is 5.07. The zero-order chi connectivity index (χ0) is 19.4. The van der Waals surface area contributed by atoms with Gasteiger partial charge in [-0.25, -0.2) is 4.79 Å². The summed E-state index contributed by atoms with van der Waals surface area (Å²) in [7, 11) is 1.43. The highest BCUT2D eigenvalue weighted by Crippen LogP contribution is 2.16. The summed E-state index contributed by atoms with van der Waals surface area (Å²) in [5.74, 6) is -0.410. The lowest BCUT2D eigenvalue weighted by Crippen LogP contribution is -2.39. The SMILES string of the molecule is CCCCn1c(N)c(N(C)C(=O)CCn2c(C)csc2=O)c(=O)[nH]c1=O. The third kappa shape index (κ3) is 3.96. The predicted octanol–water partition coefficient (Wildman–Crippen LogP) is 0.504. The quantitative estimate of drug-likeness (QED) is 0.723. The van der Waals surface area contributed by atoms with E-state index in [9.17, 15) is 19.2 Å². The van der Waals surface area contributed by atoms with Gasteiger partial charge in [0.05, 0.1) is 0 Å². The van der Waals surface area contributed by atoms with Gasteiger partial charge < -0.3 is 15.2 Å². The molecule has 0 aliphatic heterocycles. The van der Waals surface area contributed by atoms with Gasteiger partial charge in [0.1, 0.15) is 5.82 Å². The molecule has 0 spiro atoms. The maximum atomic E-state index is 12.5. The minimum absolute atomic E-state index is 0.0287. The van der Waals surface area contributed by atoms with Crippen LogP contribution in [0.25, 0.3) is 0 Å². The van der Waals surface area contributed by atoms with Gasteiger partial charge in [0, 0.05) is 37.6 Å². The van der Waals surface area contributed by atoms with Crippen LogP contribution in [0.5, 0.6) is 0 Å². The number of amides is 1. The van der Waals surface area contributed by atoms with Crippen LogP contribution in [0.15, 0.2) is 19.8 Å².